The van der Waals surface area contributed by atoms with Gasteiger partial charge in [-0.15, -0.1) is 0 Å². The van der Waals surface area contributed by atoms with Crippen LogP contribution in [0.1, 0.15) is 33.6 Å². The molecule has 1 N–H and O–H groups in total. The molecule has 12 heavy (non-hydrogen) atoms. The summed E-state index contributed by atoms with van der Waals surface area (Å²) in [4.78, 5) is 0. The summed E-state index contributed by atoms with van der Waals surface area (Å²) in [5, 5.41) is 9.66. The van der Waals surface area contributed by atoms with Crippen LogP contribution in [0.25, 0.3) is 0 Å². The summed E-state index contributed by atoms with van der Waals surface area (Å²) >= 11 is 0. The highest BCUT2D eigenvalue weighted by Gasteiger charge is 2.58. The molecule has 2 fully saturated rings. The Morgan fingerprint density at radius 1 is 1.33 bits per heavy atom. The monoisotopic (exact) mass is 170 g/mol. The van der Waals surface area contributed by atoms with Gasteiger partial charge in [0.2, 0.25) is 0 Å². The fourth-order valence-electron chi connectivity index (χ4n) is 3.22. The van der Waals surface area contributed by atoms with Crippen LogP contribution in [0.2, 0.25) is 0 Å². The molecule has 0 unspecified atom stereocenters. The van der Waals surface area contributed by atoms with E-state index in [-0.39, 0.29) is 11.7 Å². The predicted octanol–water partition coefficient (Wildman–Crippen LogP) is 1.57. The van der Waals surface area contributed by atoms with Crippen molar-refractivity contribution in [3.63, 3.8) is 0 Å². The second-order valence-electron chi connectivity index (χ2n) is 5.11. The zero-order valence-corrected chi connectivity index (χ0v) is 8.13. The van der Waals surface area contributed by atoms with Crippen molar-refractivity contribution in [1.82, 2.24) is 0 Å². The molecule has 0 aromatic carbocycles. The molecular formula is C10H18O2. The maximum Gasteiger partial charge on any atom is 0.0684 e. The quantitative estimate of drug-likeness (QED) is 0.598. The summed E-state index contributed by atoms with van der Waals surface area (Å²) in [7, 11) is 0. The lowest BCUT2D eigenvalue weighted by Gasteiger charge is -2.60. The third-order valence-electron chi connectivity index (χ3n) is 3.71. The summed E-state index contributed by atoms with van der Waals surface area (Å²) in [5.41, 5.74) is 0.228. The van der Waals surface area contributed by atoms with Crippen LogP contribution in [-0.2, 0) is 4.74 Å². The van der Waals surface area contributed by atoms with E-state index in [1.54, 1.807) is 0 Å². The van der Waals surface area contributed by atoms with Gasteiger partial charge < -0.3 is 9.84 Å². The number of ether oxygens (including phenoxy) is 1. The third-order valence-corrected chi connectivity index (χ3v) is 3.71. The van der Waals surface area contributed by atoms with E-state index < -0.39 is 0 Å². The fourth-order valence-corrected chi connectivity index (χ4v) is 3.22. The topological polar surface area (TPSA) is 29.5 Å². The Kier molecular flexibility index (Phi) is 1.59. The molecule has 0 radical (unpaired) electrons. The van der Waals surface area contributed by atoms with Crippen molar-refractivity contribution in [2.75, 3.05) is 6.61 Å². The molecule has 0 amide bonds. The lowest BCUT2D eigenvalue weighted by molar-refractivity contribution is -0.246. The SMILES string of the molecule is CC1(C)OCC[C@@]2(C)C[C@@H](O)[C@@H]12. The van der Waals surface area contributed by atoms with Gasteiger partial charge in [-0.2, -0.15) is 0 Å². The minimum atomic E-state index is -0.134. The highest BCUT2D eigenvalue weighted by molar-refractivity contribution is 5.07. The van der Waals surface area contributed by atoms with Gasteiger partial charge in [0.15, 0.2) is 0 Å². The van der Waals surface area contributed by atoms with Crippen LogP contribution in [0.15, 0.2) is 0 Å². The van der Waals surface area contributed by atoms with Crippen molar-refractivity contribution >= 4 is 0 Å². The molecule has 0 aromatic heterocycles. The lowest BCUT2D eigenvalue weighted by atomic mass is 9.51. The minimum Gasteiger partial charge on any atom is -0.393 e. The summed E-state index contributed by atoms with van der Waals surface area (Å²) in [6.07, 6.45) is 1.94. The molecule has 1 saturated carbocycles. The molecule has 70 valence electrons. The summed E-state index contributed by atoms with van der Waals surface area (Å²) < 4.78 is 5.67. The maximum atomic E-state index is 9.66. The molecule has 2 heteroatoms. The average molecular weight is 170 g/mol. The summed E-state index contributed by atoms with van der Waals surface area (Å²) in [5.74, 6) is 0.346. The molecule has 1 heterocycles. The van der Waals surface area contributed by atoms with Gasteiger partial charge in [0.25, 0.3) is 0 Å². The predicted molar refractivity (Wildman–Crippen MR) is 46.9 cm³/mol. The van der Waals surface area contributed by atoms with E-state index in [1.165, 1.54) is 0 Å². The average Bonchev–Trinajstić information content (AvgIpc) is 1.81. The molecule has 0 spiro atoms. The first-order valence-electron chi connectivity index (χ1n) is 4.78. The maximum absolute atomic E-state index is 9.66. The first-order valence-corrected chi connectivity index (χ1v) is 4.78. The van der Waals surface area contributed by atoms with Crippen molar-refractivity contribution in [3.8, 4) is 0 Å². The van der Waals surface area contributed by atoms with Crippen LogP contribution in [0.5, 0.6) is 0 Å². The van der Waals surface area contributed by atoms with E-state index in [4.69, 9.17) is 4.74 Å². The van der Waals surface area contributed by atoms with Crippen molar-refractivity contribution in [2.45, 2.75) is 45.3 Å². The molecule has 0 aromatic rings. The number of fused-ring (bicyclic) bond motifs is 1. The molecular weight excluding hydrogens is 152 g/mol. The fraction of sp³-hybridized carbons (Fsp3) is 1.00. The van der Waals surface area contributed by atoms with Gasteiger partial charge in [-0.05, 0) is 32.1 Å². The number of hydrogen-bond donors (Lipinski definition) is 1. The van der Waals surface area contributed by atoms with Crippen molar-refractivity contribution in [2.24, 2.45) is 11.3 Å². The normalized spacial score (nSPS) is 51.0. The van der Waals surface area contributed by atoms with Gasteiger partial charge >= 0.3 is 0 Å². The largest absolute Gasteiger partial charge is 0.393 e. The van der Waals surface area contributed by atoms with Crippen LogP contribution in [-0.4, -0.2) is 23.4 Å². The number of aliphatic hydroxyl groups excluding tert-OH is 1. The van der Waals surface area contributed by atoms with E-state index in [0.29, 0.717) is 11.3 Å². The Morgan fingerprint density at radius 2 is 2.00 bits per heavy atom. The highest BCUT2D eigenvalue weighted by Crippen LogP contribution is 2.57. The van der Waals surface area contributed by atoms with E-state index in [1.807, 2.05) is 0 Å². The van der Waals surface area contributed by atoms with Gasteiger partial charge in [-0.1, -0.05) is 6.92 Å². The van der Waals surface area contributed by atoms with Crippen molar-refractivity contribution < 1.29 is 9.84 Å². The first-order chi connectivity index (χ1) is 5.46. The molecule has 2 nitrogen and oxygen atoms in total. The van der Waals surface area contributed by atoms with E-state index in [2.05, 4.69) is 20.8 Å². The first kappa shape index (κ1) is 8.52. The third kappa shape index (κ3) is 0.944. The highest BCUT2D eigenvalue weighted by atomic mass is 16.5. The summed E-state index contributed by atoms with van der Waals surface area (Å²) in [6, 6.07) is 0. The Labute approximate surface area is 73.9 Å². The van der Waals surface area contributed by atoms with Gasteiger partial charge in [0.05, 0.1) is 11.7 Å². The molecule has 1 saturated heterocycles. The second kappa shape index (κ2) is 2.24. The van der Waals surface area contributed by atoms with Crippen LogP contribution in [0.4, 0.5) is 0 Å². The summed E-state index contributed by atoms with van der Waals surface area (Å²) in [6.45, 7) is 7.32. The second-order valence-corrected chi connectivity index (χ2v) is 5.11. The Hall–Kier alpha value is -0.0800. The van der Waals surface area contributed by atoms with Gasteiger partial charge in [0, 0.05) is 12.5 Å². The van der Waals surface area contributed by atoms with Gasteiger partial charge in [0.1, 0.15) is 0 Å². The van der Waals surface area contributed by atoms with E-state index >= 15 is 0 Å². The molecule has 1 aliphatic carbocycles. The van der Waals surface area contributed by atoms with Crippen molar-refractivity contribution in [1.29, 1.82) is 0 Å². The van der Waals surface area contributed by atoms with Crippen molar-refractivity contribution in [3.05, 3.63) is 0 Å². The Balaban J connectivity index is 2.22. The standard InChI is InChI=1S/C10H18O2/c1-9(2)8-7(11)6-10(8,3)4-5-12-9/h7-8,11H,4-6H2,1-3H3/t7-,8+,10+/m1/s1. The van der Waals surface area contributed by atoms with Gasteiger partial charge in [-0.25, -0.2) is 0 Å². The Bertz CT molecular complexity index is 183. The lowest BCUT2D eigenvalue weighted by Crippen LogP contribution is -2.63. The zero-order valence-electron chi connectivity index (χ0n) is 8.13. The Morgan fingerprint density at radius 3 is 2.42 bits per heavy atom. The van der Waals surface area contributed by atoms with E-state index in [0.717, 1.165) is 19.4 Å². The van der Waals surface area contributed by atoms with Crippen LogP contribution in [0, 0.1) is 11.3 Å². The molecule has 3 atom stereocenters. The number of aliphatic hydroxyl groups is 1. The van der Waals surface area contributed by atoms with Crippen LogP contribution >= 0.6 is 0 Å². The smallest absolute Gasteiger partial charge is 0.0684 e. The van der Waals surface area contributed by atoms with Gasteiger partial charge in [-0.3, -0.25) is 0 Å². The molecule has 2 rings (SSSR count). The molecule has 1 aliphatic heterocycles. The van der Waals surface area contributed by atoms with Crippen LogP contribution < -0.4 is 0 Å². The number of rotatable bonds is 0. The molecule has 0 bridgehead atoms. The molecule has 2 aliphatic rings. The zero-order chi connectivity index (χ0) is 8.98. The van der Waals surface area contributed by atoms with Crippen LogP contribution in [0.3, 0.4) is 0 Å². The number of hydrogen-bond acceptors (Lipinski definition) is 2. The minimum absolute atomic E-state index is 0.120. The van der Waals surface area contributed by atoms with E-state index in [9.17, 15) is 5.11 Å².